The molecule has 0 bridgehead atoms. The van der Waals surface area contributed by atoms with Crippen molar-refractivity contribution in [3.05, 3.63) is 88.1 Å². The van der Waals surface area contributed by atoms with Crippen LogP contribution in [0.15, 0.2) is 71.2 Å². The molecule has 0 radical (unpaired) electrons. The molecule has 0 spiro atoms. The average molecular weight is 469 g/mol. The number of carbonyl (C=O) groups is 2. The van der Waals surface area contributed by atoms with Crippen molar-refractivity contribution in [3.8, 4) is 5.75 Å². The van der Waals surface area contributed by atoms with Gasteiger partial charge in [0, 0.05) is 15.7 Å². The first-order chi connectivity index (χ1) is 14.4. The topological polar surface area (TPSA) is 58.6 Å². The lowest BCUT2D eigenvalue weighted by atomic mass is 10.1. The number of nitrogens with one attached hydrogen (secondary N) is 1. The van der Waals surface area contributed by atoms with E-state index in [-0.39, 0.29) is 24.2 Å². The average Bonchev–Trinajstić information content (AvgIpc) is 2.73. The van der Waals surface area contributed by atoms with Crippen LogP contribution >= 0.6 is 15.9 Å². The molecule has 0 fully saturated rings. The van der Waals surface area contributed by atoms with Gasteiger partial charge in [0.1, 0.15) is 11.6 Å². The molecule has 1 unspecified atom stereocenters. The molecule has 0 saturated heterocycles. The molecule has 1 atom stereocenters. The van der Waals surface area contributed by atoms with Crippen LogP contribution < -0.4 is 15.0 Å². The van der Waals surface area contributed by atoms with E-state index in [9.17, 15) is 14.0 Å². The fourth-order valence-corrected chi connectivity index (χ4v) is 3.49. The van der Waals surface area contributed by atoms with Gasteiger partial charge in [0.05, 0.1) is 12.2 Å². The molecule has 0 aliphatic carbocycles. The molecule has 0 saturated carbocycles. The predicted molar refractivity (Wildman–Crippen MR) is 116 cm³/mol. The number of carbonyl (C=O) groups excluding carboxylic acids is 2. The van der Waals surface area contributed by atoms with Gasteiger partial charge in [-0.2, -0.15) is 0 Å². The second kappa shape index (κ2) is 8.28. The monoisotopic (exact) mass is 468 g/mol. The highest BCUT2D eigenvalue weighted by molar-refractivity contribution is 9.10. The SMILES string of the molecule is CC1Oc2ccc(NC(=O)c3ccc(Br)cc3)cc2N(Cc2ccc(F)cc2)C1=O. The third kappa shape index (κ3) is 4.21. The van der Waals surface area contributed by atoms with E-state index in [1.54, 1.807) is 66.4 Å². The van der Waals surface area contributed by atoms with Gasteiger partial charge in [0.25, 0.3) is 11.8 Å². The zero-order chi connectivity index (χ0) is 21.3. The Labute approximate surface area is 181 Å². The van der Waals surface area contributed by atoms with Crippen LogP contribution in [0.5, 0.6) is 5.75 Å². The Kier molecular flexibility index (Phi) is 5.55. The second-order valence-electron chi connectivity index (χ2n) is 6.95. The van der Waals surface area contributed by atoms with Crippen molar-refractivity contribution in [2.75, 3.05) is 10.2 Å². The molecule has 3 aromatic rings. The summed E-state index contributed by atoms with van der Waals surface area (Å²) in [5.74, 6) is -0.253. The summed E-state index contributed by atoms with van der Waals surface area (Å²) in [5, 5.41) is 2.85. The Balaban J connectivity index is 1.62. The molecule has 30 heavy (non-hydrogen) atoms. The van der Waals surface area contributed by atoms with Crippen LogP contribution in [0.2, 0.25) is 0 Å². The van der Waals surface area contributed by atoms with Gasteiger partial charge in [-0.3, -0.25) is 9.59 Å². The molecule has 1 aliphatic rings. The summed E-state index contributed by atoms with van der Waals surface area (Å²) < 4.78 is 19.8. The largest absolute Gasteiger partial charge is 0.479 e. The van der Waals surface area contributed by atoms with Crippen molar-refractivity contribution in [1.29, 1.82) is 0 Å². The molecule has 4 rings (SSSR count). The minimum atomic E-state index is -0.638. The second-order valence-corrected chi connectivity index (χ2v) is 7.87. The lowest BCUT2D eigenvalue weighted by Crippen LogP contribution is -2.44. The molecule has 3 aromatic carbocycles. The number of hydrogen-bond donors (Lipinski definition) is 1. The Hall–Kier alpha value is -3.19. The van der Waals surface area contributed by atoms with E-state index in [1.165, 1.54) is 12.1 Å². The summed E-state index contributed by atoms with van der Waals surface area (Å²) in [4.78, 5) is 26.9. The summed E-state index contributed by atoms with van der Waals surface area (Å²) in [7, 11) is 0. The zero-order valence-electron chi connectivity index (χ0n) is 16.1. The lowest BCUT2D eigenvalue weighted by Gasteiger charge is -2.33. The number of hydrogen-bond acceptors (Lipinski definition) is 3. The Bertz CT molecular complexity index is 1100. The van der Waals surface area contributed by atoms with Crippen molar-refractivity contribution in [2.45, 2.75) is 19.6 Å². The third-order valence-electron chi connectivity index (χ3n) is 4.79. The van der Waals surface area contributed by atoms with E-state index in [1.807, 2.05) is 0 Å². The molecular weight excluding hydrogens is 451 g/mol. The van der Waals surface area contributed by atoms with Gasteiger partial charge in [-0.15, -0.1) is 0 Å². The van der Waals surface area contributed by atoms with Crippen molar-refractivity contribution >= 4 is 39.1 Å². The molecule has 2 amide bonds. The number of halogens is 2. The fraction of sp³-hybridized carbons (Fsp3) is 0.130. The maximum Gasteiger partial charge on any atom is 0.268 e. The van der Waals surface area contributed by atoms with Crippen LogP contribution in [0.1, 0.15) is 22.8 Å². The Morgan fingerprint density at radius 1 is 1.10 bits per heavy atom. The normalized spacial score (nSPS) is 15.4. The number of amides is 2. The summed E-state index contributed by atoms with van der Waals surface area (Å²) in [6.45, 7) is 1.95. The van der Waals surface area contributed by atoms with Gasteiger partial charge >= 0.3 is 0 Å². The van der Waals surface area contributed by atoms with Crippen molar-refractivity contribution < 1.29 is 18.7 Å². The van der Waals surface area contributed by atoms with Crippen LogP contribution in [0.4, 0.5) is 15.8 Å². The van der Waals surface area contributed by atoms with E-state index < -0.39 is 6.10 Å². The van der Waals surface area contributed by atoms with Gasteiger partial charge in [0.15, 0.2) is 6.10 Å². The zero-order valence-corrected chi connectivity index (χ0v) is 17.6. The maximum atomic E-state index is 13.2. The number of nitrogens with zero attached hydrogens (tertiary/aromatic N) is 1. The van der Waals surface area contributed by atoms with Crippen LogP contribution in [0.3, 0.4) is 0 Å². The van der Waals surface area contributed by atoms with Crippen LogP contribution in [-0.4, -0.2) is 17.9 Å². The minimum Gasteiger partial charge on any atom is -0.479 e. The molecule has 1 heterocycles. The highest BCUT2D eigenvalue weighted by Gasteiger charge is 2.31. The fourth-order valence-electron chi connectivity index (χ4n) is 3.22. The van der Waals surface area contributed by atoms with Crippen molar-refractivity contribution in [3.63, 3.8) is 0 Å². The molecule has 1 N–H and O–H groups in total. The summed E-state index contributed by atoms with van der Waals surface area (Å²) in [6, 6.07) is 18.2. The van der Waals surface area contributed by atoms with E-state index >= 15 is 0 Å². The van der Waals surface area contributed by atoms with Crippen LogP contribution in [0.25, 0.3) is 0 Å². The predicted octanol–water partition coefficient (Wildman–Crippen LogP) is 5.15. The Morgan fingerprint density at radius 2 is 1.80 bits per heavy atom. The molecule has 7 heteroatoms. The van der Waals surface area contributed by atoms with Crippen LogP contribution in [0, 0.1) is 5.82 Å². The van der Waals surface area contributed by atoms with Crippen molar-refractivity contribution in [1.82, 2.24) is 0 Å². The number of ether oxygens (including phenoxy) is 1. The maximum absolute atomic E-state index is 13.2. The highest BCUT2D eigenvalue weighted by atomic mass is 79.9. The van der Waals surface area contributed by atoms with Gasteiger partial charge in [0.2, 0.25) is 0 Å². The minimum absolute atomic E-state index is 0.205. The molecule has 0 aromatic heterocycles. The van der Waals surface area contributed by atoms with Crippen molar-refractivity contribution in [2.24, 2.45) is 0 Å². The molecular formula is C23H18BrFN2O3. The lowest BCUT2D eigenvalue weighted by molar-refractivity contribution is -0.125. The van der Waals surface area contributed by atoms with E-state index in [2.05, 4.69) is 21.2 Å². The van der Waals surface area contributed by atoms with E-state index in [0.29, 0.717) is 22.7 Å². The molecule has 152 valence electrons. The summed E-state index contributed by atoms with van der Waals surface area (Å²) in [6.07, 6.45) is -0.638. The number of fused-ring (bicyclic) bond motifs is 1. The smallest absolute Gasteiger partial charge is 0.268 e. The standard InChI is InChI=1S/C23H18BrFN2O3/c1-14-23(29)27(13-15-2-8-18(25)9-3-15)20-12-19(10-11-21(20)30-14)26-22(28)16-4-6-17(24)7-5-16/h2-12,14H,13H2,1H3,(H,26,28). The summed E-state index contributed by atoms with van der Waals surface area (Å²) in [5.41, 5.74) is 2.39. The van der Waals surface area contributed by atoms with Crippen LogP contribution in [-0.2, 0) is 11.3 Å². The van der Waals surface area contributed by atoms with E-state index in [0.717, 1.165) is 10.0 Å². The van der Waals surface area contributed by atoms with Gasteiger partial charge in [-0.1, -0.05) is 28.1 Å². The van der Waals surface area contributed by atoms with Gasteiger partial charge < -0.3 is 15.0 Å². The van der Waals surface area contributed by atoms with E-state index in [4.69, 9.17) is 4.74 Å². The first-order valence-electron chi connectivity index (χ1n) is 9.34. The molecule has 1 aliphatic heterocycles. The number of rotatable bonds is 4. The highest BCUT2D eigenvalue weighted by Crippen LogP contribution is 2.37. The summed E-state index contributed by atoms with van der Waals surface area (Å²) >= 11 is 3.35. The number of anilines is 2. The molecule has 5 nitrogen and oxygen atoms in total. The number of benzene rings is 3. The quantitative estimate of drug-likeness (QED) is 0.575. The first kappa shape index (κ1) is 20.1. The first-order valence-corrected chi connectivity index (χ1v) is 10.1. The van der Waals surface area contributed by atoms with Gasteiger partial charge in [-0.25, -0.2) is 4.39 Å². The van der Waals surface area contributed by atoms with Gasteiger partial charge in [-0.05, 0) is 67.1 Å². The Morgan fingerprint density at radius 3 is 2.50 bits per heavy atom. The third-order valence-corrected chi connectivity index (χ3v) is 5.31.